The van der Waals surface area contributed by atoms with E-state index in [9.17, 15) is 4.79 Å². The van der Waals surface area contributed by atoms with Crippen molar-refractivity contribution in [2.24, 2.45) is 0 Å². The molecule has 0 saturated carbocycles. The first-order valence-electron chi connectivity index (χ1n) is 9.83. The summed E-state index contributed by atoms with van der Waals surface area (Å²) in [5, 5.41) is 5.01. The van der Waals surface area contributed by atoms with E-state index in [-0.39, 0.29) is 16.9 Å². The summed E-state index contributed by atoms with van der Waals surface area (Å²) >= 11 is 12.5. The summed E-state index contributed by atoms with van der Waals surface area (Å²) in [4.78, 5) is 30.5. The van der Waals surface area contributed by atoms with Gasteiger partial charge < -0.3 is 5.32 Å². The van der Waals surface area contributed by atoms with E-state index in [0.29, 0.717) is 27.4 Å². The fraction of sp³-hybridized carbons (Fsp3) is 0.0870. The number of para-hydroxylation sites is 1. The van der Waals surface area contributed by atoms with Gasteiger partial charge in [0.2, 0.25) is 5.28 Å². The summed E-state index contributed by atoms with van der Waals surface area (Å²) in [6.07, 6.45) is 3.10. The minimum absolute atomic E-state index is 0.0541. The largest absolute Gasteiger partial charge is 0.360 e. The van der Waals surface area contributed by atoms with Crippen LogP contribution in [-0.4, -0.2) is 24.5 Å². The van der Waals surface area contributed by atoms with Gasteiger partial charge in [-0.25, -0.2) is 9.97 Å². The molecular weight excluding hydrogens is 447 g/mol. The lowest BCUT2D eigenvalue weighted by Crippen LogP contribution is -2.26. The van der Waals surface area contributed by atoms with Crippen LogP contribution >= 0.6 is 23.2 Å². The number of hydrogen-bond donors (Lipinski definition) is 1. The van der Waals surface area contributed by atoms with Crippen molar-refractivity contribution >= 4 is 51.0 Å². The SMILES string of the molecule is CC(Nc1nc(Cl)nc2nccnc12)c1cc2cccc(Cl)c2c(=O)n1-c1ccccc1. The molecule has 1 N–H and O–H groups in total. The Balaban J connectivity index is 1.71. The van der Waals surface area contributed by atoms with Crippen LogP contribution in [0.1, 0.15) is 18.7 Å². The fourth-order valence-corrected chi connectivity index (χ4v) is 4.15. The summed E-state index contributed by atoms with van der Waals surface area (Å²) in [5.41, 5.74) is 2.12. The summed E-state index contributed by atoms with van der Waals surface area (Å²) in [5.74, 6) is 0.429. The van der Waals surface area contributed by atoms with Crippen LogP contribution in [0.25, 0.3) is 27.6 Å². The first-order chi connectivity index (χ1) is 15.5. The number of rotatable bonds is 4. The van der Waals surface area contributed by atoms with Crippen LogP contribution in [0.5, 0.6) is 0 Å². The third-order valence-corrected chi connectivity index (χ3v) is 5.63. The molecule has 1 unspecified atom stereocenters. The number of pyridine rings is 1. The predicted octanol–water partition coefficient (Wildman–Crippen LogP) is 5.20. The first kappa shape index (κ1) is 20.4. The molecule has 3 heterocycles. The maximum atomic E-state index is 13.6. The number of aromatic nitrogens is 5. The zero-order valence-corrected chi connectivity index (χ0v) is 18.3. The highest BCUT2D eigenvalue weighted by Gasteiger charge is 2.19. The molecule has 0 radical (unpaired) electrons. The molecule has 3 aromatic heterocycles. The van der Waals surface area contributed by atoms with Gasteiger partial charge in [-0.2, -0.15) is 9.97 Å². The second-order valence-corrected chi connectivity index (χ2v) is 7.93. The van der Waals surface area contributed by atoms with E-state index < -0.39 is 0 Å². The van der Waals surface area contributed by atoms with E-state index in [2.05, 4.69) is 25.3 Å². The molecule has 0 aliphatic carbocycles. The molecule has 32 heavy (non-hydrogen) atoms. The van der Waals surface area contributed by atoms with Crippen LogP contribution in [0.4, 0.5) is 5.82 Å². The Kier molecular flexibility index (Phi) is 5.20. The molecule has 0 amide bonds. The van der Waals surface area contributed by atoms with Crippen molar-refractivity contribution < 1.29 is 0 Å². The molecule has 158 valence electrons. The van der Waals surface area contributed by atoms with Crippen LogP contribution in [0.3, 0.4) is 0 Å². The third-order valence-electron chi connectivity index (χ3n) is 5.14. The summed E-state index contributed by atoms with van der Waals surface area (Å²) < 4.78 is 1.66. The molecule has 0 fully saturated rings. The Morgan fingerprint density at radius 1 is 0.969 bits per heavy atom. The lowest BCUT2D eigenvalue weighted by Gasteiger charge is -2.22. The van der Waals surface area contributed by atoms with E-state index in [4.69, 9.17) is 23.2 Å². The number of anilines is 1. The van der Waals surface area contributed by atoms with Gasteiger partial charge in [-0.15, -0.1) is 0 Å². The lowest BCUT2D eigenvalue weighted by molar-refractivity contribution is 0.774. The number of halogens is 2. The summed E-state index contributed by atoms with van der Waals surface area (Å²) in [6, 6.07) is 16.4. The highest BCUT2D eigenvalue weighted by Crippen LogP contribution is 2.28. The Morgan fingerprint density at radius 3 is 2.56 bits per heavy atom. The van der Waals surface area contributed by atoms with E-state index in [1.807, 2.05) is 55.5 Å². The Morgan fingerprint density at radius 2 is 1.75 bits per heavy atom. The van der Waals surface area contributed by atoms with Crippen LogP contribution in [0.2, 0.25) is 10.3 Å². The standard InChI is InChI=1S/C23H16Cl2N6O/c1-13(28-21-19-20(27-11-10-26-19)29-23(25)30-21)17-12-14-6-5-9-16(24)18(14)22(32)31(17)15-7-3-2-4-8-15/h2-13H,1H3,(H,27,28,29,30). The van der Waals surface area contributed by atoms with Gasteiger partial charge in [-0.3, -0.25) is 9.36 Å². The van der Waals surface area contributed by atoms with Gasteiger partial charge in [0.25, 0.3) is 5.56 Å². The summed E-state index contributed by atoms with van der Waals surface area (Å²) in [6.45, 7) is 1.93. The number of benzene rings is 2. The van der Waals surface area contributed by atoms with Crippen molar-refractivity contribution in [1.82, 2.24) is 24.5 Å². The van der Waals surface area contributed by atoms with E-state index in [0.717, 1.165) is 16.8 Å². The number of hydrogen-bond acceptors (Lipinski definition) is 6. The zero-order valence-electron chi connectivity index (χ0n) is 16.8. The van der Waals surface area contributed by atoms with Crippen molar-refractivity contribution in [3.8, 4) is 5.69 Å². The topological polar surface area (TPSA) is 85.6 Å². The van der Waals surface area contributed by atoms with Crippen molar-refractivity contribution in [3.05, 3.63) is 93.3 Å². The van der Waals surface area contributed by atoms with Gasteiger partial charge in [-0.05, 0) is 48.2 Å². The maximum Gasteiger partial charge on any atom is 0.264 e. The van der Waals surface area contributed by atoms with Gasteiger partial charge in [0, 0.05) is 23.8 Å². The quantitative estimate of drug-likeness (QED) is 0.369. The Labute approximate surface area is 192 Å². The number of nitrogens with zero attached hydrogens (tertiary/aromatic N) is 5. The monoisotopic (exact) mass is 462 g/mol. The van der Waals surface area contributed by atoms with Gasteiger partial charge >= 0.3 is 0 Å². The average Bonchev–Trinajstić information content (AvgIpc) is 2.79. The number of fused-ring (bicyclic) bond motifs is 2. The van der Waals surface area contributed by atoms with Gasteiger partial charge in [0.1, 0.15) is 0 Å². The molecule has 0 spiro atoms. The zero-order chi connectivity index (χ0) is 22.2. The average molecular weight is 463 g/mol. The predicted molar refractivity (Wildman–Crippen MR) is 127 cm³/mol. The second kappa shape index (κ2) is 8.18. The first-order valence-corrected chi connectivity index (χ1v) is 10.6. The minimum Gasteiger partial charge on any atom is -0.360 e. The highest BCUT2D eigenvalue weighted by atomic mass is 35.5. The molecule has 0 saturated heterocycles. The smallest absolute Gasteiger partial charge is 0.264 e. The molecule has 0 bridgehead atoms. The number of nitrogens with one attached hydrogen (secondary N) is 1. The lowest BCUT2D eigenvalue weighted by atomic mass is 10.1. The van der Waals surface area contributed by atoms with Crippen LogP contribution in [-0.2, 0) is 0 Å². The molecule has 7 nitrogen and oxygen atoms in total. The van der Waals surface area contributed by atoms with Crippen molar-refractivity contribution in [1.29, 1.82) is 0 Å². The summed E-state index contributed by atoms with van der Waals surface area (Å²) in [7, 11) is 0. The van der Waals surface area contributed by atoms with Gasteiger partial charge in [-0.1, -0.05) is 41.9 Å². The third kappa shape index (κ3) is 3.55. The normalized spacial score (nSPS) is 12.2. The minimum atomic E-state index is -0.345. The van der Waals surface area contributed by atoms with Crippen LogP contribution < -0.4 is 10.9 Å². The molecule has 2 aromatic carbocycles. The second-order valence-electron chi connectivity index (χ2n) is 7.19. The molecule has 0 aliphatic heterocycles. The molecule has 5 aromatic rings. The Bertz CT molecular complexity index is 1520. The van der Waals surface area contributed by atoms with Crippen molar-refractivity contribution in [2.45, 2.75) is 13.0 Å². The molecular formula is C23H16Cl2N6O. The Hall–Kier alpha value is -3.55. The maximum absolute atomic E-state index is 13.6. The van der Waals surface area contributed by atoms with Crippen molar-refractivity contribution in [2.75, 3.05) is 5.32 Å². The fourth-order valence-electron chi connectivity index (χ4n) is 3.72. The van der Waals surface area contributed by atoms with Crippen LogP contribution in [0.15, 0.2) is 71.8 Å². The van der Waals surface area contributed by atoms with E-state index in [1.165, 1.54) is 0 Å². The molecule has 1 atom stereocenters. The molecule has 9 heteroatoms. The van der Waals surface area contributed by atoms with E-state index >= 15 is 0 Å². The van der Waals surface area contributed by atoms with Gasteiger partial charge in [0.05, 0.1) is 16.5 Å². The molecule has 0 aliphatic rings. The van der Waals surface area contributed by atoms with Crippen LogP contribution in [0, 0.1) is 0 Å². The van der Waals surface area contributed by atoms with E-state index in [1.54, 1.807) is 23.0 Å². The highest BCUT2D eigenvalue weighted by molar-refractivity contribution is 6.35. The molecule has 5 rings (SSSR count). The van der Waals surface area contributed by atoms with Crippen molar-refractivity contribution in [3.63, 3.8) is 0 Å². The van der Waals surface area contributed by atoms with Gasteiger partial charge in [0.15, 0.2) is 17.0 Å².